The van der Waals surface area contributed by atoms with Crippen LogP contribution in [0, 0.1) is 0 Å². The van der Waals surface area contributed by atoms with Gasteiger partial charge in [0.1, 0.15) is 5.03 Å². The Hall–Kier alpha value is -1.32. The zero-order valence-electron chi connectivity index (χ0n) is 10.9. The van der Waals surface area contributed by atoms with E-state index in [1.54, 1.807) is 11.8 Å². The molecule has 1 aromatic heterocycles. The molecule has 19 heavy (non-hydrogen) atoms. The Morgan fingerprint density at radius 1 is 1.05 bits per heavy atom. The van der Waals surface area contributed by atoms with E-state index in [0.29, 0.717) is 6.04 Å². The molecule has 2 heterocycles. The van der Waals surface area contributed by atoms with E-state index in [1.807, 2.05) is 12.3 Å². The van der Waals surface area contributed by atoms with Gasteiger partial charge in [-0.05, 0) is 43.1 Å². The van der Waals surface area contributed by atoms with Gasteiger partial charge in [-0.3, -0.25) is 0 Å². The third-order valence-electron chi connectivity index (χ3n) is 3.44. The number of nitrogens with zero attached hydrogens (tertiary/aromatic N) is 1. The van der Waals surface area contributed by atoms with Crippen molar-refractivity contribution in [3.05, 3.63) is 54.2 Å². The maximum Gasteiger partial charge on any atom is 0.101 e. The third-order valence-corrected chi connectivity index (χ3v) is 4.40. The molecule has 0 unspecified atom stereocenters. The normalized spacial score (nSPS) is 19.3. The lowest BCUT2D eigenvalue weighted by Crippen LogP contribution is -2.26. The molecule has 1 aliphatic heterocycles. The summed E-state index contributed by atoms with van der Waals surface area (Å²) in [6.07, 6.45) is 5.87. The second kappa shape index (κ2) is 6.22. The summed E-state index contributed by atoms with van der Waals surface area (Å²) in [6.45, 7) is 1.13. The van der Waals surface area contributed by atoms with Gasteiger partial charge in [-0.1, -0.05) is 42.4 Å². The van der Waals surface area contributed by atoms with E-state index in [9.17, 15) is 0 Å². The molecule has 3 rings (SSSR count). The highest BCUT2D eigenvalue weighted by atomic mass is 32.2. The van der Waals surface area contributed by atoms with Crippen molar-refractivity contribution in [1.29, 1.82) is 0 Å². The van der Waals surface area contributed by atoms with Gasteiger partial charge in [0.25, 0.3) is 0 Å². The highest BCUT2D eigenvalue weighted by Crippen LogP contribution is 2.27. The van der Waals surface area contributed by atoms with Gasteiger partial charge in [-0.15, -0.1) is 0 Å². The molecule has 98 valence electrons. The second-order valence-corrected chi connectivity index (χ2v) is 5.94. The number of rotatable bonds is 3. The van der Waals surface area contributed by atoms with Crippen LogP contribution in [-0.4, -0.2) is 11.5 Å². The lowest BCUT2D eigenvalue weighted by Gasteiger charge is -2.23. The van der Waals surface area contributed by atoms with Crippen LogP contribution in [0.2, 0.25) is 0 Å². The van der Waals surface area contributed by atoms with Crippen molar-refractivity contribution in [2.75, 3.05) is 6.54 Å². The highest BCUT2D eigenvalue weighted by Gasteiger charge is 2.14. The van der Waals surface area contributed by atoms with Crippen molar-refractivity contribution in [2.45, 2.75) is 35.2 Å². The molecule has 1 atom stereocenters. The van der Waals surface area contributed by atoms with Crippen LogP contribution < -0.4 is 5.32 Å². The monoisotopic (exact) mass is 270 g/mol. The van der Waals surface area contributed by atoms with Gasteiger partial charge >= 0.3 is 0 Å². The standard InChI is InChI=1S/C16H18N2S/c1-2-6-14(7-3-1)19-16-10-9-13(12-18-16)15-8-4-5-11-17-15/h1-3,6-7,9-10,12,15,17H,4-5,8,11H2/t15-/m0/s1. The van der Waals surface area contributed by atoms with Crippen molar-refractivity contribution in [1.82, 2.24) is 10.3 Å². The summed E-state index contributed by atoms with van der Waals surface area (Å²) in [5.41, 5.74) is 1.32. The number of aromatic nitrogens is 1. The number of pyridine rings is 1. The van der Waals surface area contributed by atoms with Crippen LogP contribution in [0.25, 0.3) is 0 Å². The Morgan fingerprint density at radius 3 is 2.63 bits per heavy atom. The number of piperidine rings is 1. The molecule has 1 aromatic carbocycles. The molecular weight excluding hydrogens is 252 g/mol. The Balaban J connectivity index is 1.68. The van der Waals surface area contributed by atoms with Crippen LogP contribution in [0.3, 0.4) is 0 Å². The van der Waals surface area contributed by atoms with Crippen LogP contribution in [-0.2, 0) is 0 Å². The van der Waals surface area contributed by atoms with E-state index in [-0.39, 0.29) is 0 Å². The fourth-order valence-electron chi connectivity index (χ4n) is 2.40. The lowest BCUT2D eigenvalue weighted by molar-refractivity contribution is 0.411. The molecular formula is C16H18N2S. The van der Waals surface area contributed by atoms with Crippen LogP contribution in [0.15, 0.2) is 58.6 Å². The number of benzene rings is 1. The van der Waals surface area contributed by atoms with Crippen molar-refractivity contribution in [3.63, 3.8) is 0 Å². The fourth-order valence-corrected chi connectivity index (χ4v) is 3.18. The van der Waals surface area contributed by atoms with Gasteiger partial charge in [0.15, 0.2) is 0 Å². The first kappa shape index (κ1) is 12.7. The van der Waals surface area contributed by atoms with E-state index in [1.165, 1.54) is 29.7 Å². The molecule has 0 aliphatic carbocycles. The van der Waals surface area contributed by atoms with Crippen molar-refractivity contribution >= 4 is 11.8 Å². The molecule has 0 radical (unpaired) electrons. The first-order valence-corrected chi connectivity index (χ1v) is 7.66. The molecule has 1 N–H and O–H groups in total. The zero-order chi connectivity index (χ0) is 12.9. The smallest absolute Gasteiger partial charge is 0.101 e. The van der Waals surface area contributed by atoms with Gasteiger partial charge in [0.05, 0.1) is 0 Å². The van der Waals surface area contributed by atoms with Crippen molar-refractivity contribution in [2.24, 2.45) is 0 Å². The maximum absolute atomic E-state index is 4.57. The van der Waals surface area contributed by atoms with E-state index < -0.39 is 0 Å². The summed E-state index contributed by atoms with van der Waals surface area (Å²) in [5, 5.41) is 4.62. The van der Waals surface area contributed by atoms with E-state index >= 15 is 0 Å². The number of hydrogen-bond donors (Lipinski definition) is 1. The topological polar surface area (TPSA) is 24.9 Å². The summed E-state index contributed by atoms with van der Waals surface area (Å²) in [5.74, 6) is 0. The Bertz CT molecular complexity index is 504. The number of nitrogens with one attached hydrogen (secondary N) is 1. The molecule has 1 fully saturated rings. The molecule has 0 amide bonds. The predicted molar refractivity (Wildman–Crippen MR) is 79.4 cm³/mol. The molecule has 1 saturated heterocycles. The Morgan fingerprint density at radius 2 is 1.95 bits per heavy atom. The van der Waals surface area contributed by atoms with Crippen LogP contribution >= 0.6 is 11.8 Å². The van der Waals surface area contributed by atoms with E-state index in [4.69, 9.17) is 0 Å². The summed E-state index contributed by atoms with van der Waals surface area (Å²) < 4.78 is 0. The SMILES string of the molecule is c1ccc(Sc2ccc([C@@H]3CCCCN3)cn2)cc1. The fraction of sp³-hybridized carbons (Fsp3) is 0.312. The molecule has 0 spiro atoms. The lowest BCUT2D eigenvalue weighted by atomic mass is 9.99. The summed E-state index contributed by atoms with van der Waals surface area (Å²) in [6, 6.07) is 15.2. The van der Waals surface area contributed by atoms with E-state index in [0.717, 1.165) is 11.6 Å². The van der Waals surface area contributed by atoms with Gasteiger partial charge in [-0.2, -0.15) is 0 Å². The van der Waals surface area contributed by atoms with Gasteiger partial charge in [-0.25, -0.2) is 4.98 Å². The average molecular weight is 270 g/mol. The van der Waals surface area contributed by atoms with Crippen molar-refractivity contribution < 1.29 is 0 Å². The quantitative estimate of drug-likeness (QED) is 0.911. The second-order valence-electron chi connectivity index (χ2n) is 4.85. The Kier molecular flexibility index (Phi) is 4.16. The first-order chi connectivity index (χ1) is 9.42. The van der Waals surface area contributed by atoms with Gasteiger partial charge < -0.3 is 5.32 Å². The minimum Gasteiger partial charge on any atom is -0.310 e. The van der Waals surface area contributed by atoms with Crippen LogP contribution in [0.5, 0.6) is 0 Å². The third kappa shape index (κ3) is 3.37. The van der Waals surface area contributed by atoms with Crippen LogP contribution in [0.4, 0.5) is 0 Å². The summed E-state index contributed by atoms with van der Waals surface area (Å²) in [7, 11) is 0. The average Bonchev–Trinajstić information content (AvgIpc) is 2.50. The summed E-state index contributed by atoms with van der Waals surface area (Å²) >= 11 is 1.71. The molecule has 0 bridgehead atoms. The van der Waals surface area contributed by atoms with E-state index in [2.05, 4.69) is 46.7 Å². The Labute approximate surface area is 118 Å². The van der Waals surface area contributed by atoms with Gasteiger partial charge in [0.2, 0.25) is 0 Å². The summed E-state index contributed by atoms with van der Waals surface area (Å²) in [4.78, 5) is 5.81. The highest BCUT2D eigenvalue weighted by molar-refractivity contribution is 7.99. The molecule has 1 aliphatic rings. The zero-order valence-corrected chi connectivity index (χ0v) is 11.7. The van der Waals surface area contributed by atoms with Crippen molar-refractivity contribution in [3.8, 4) is 0 Å². The molecule has 2 aromatic rings. The number of hydrogen-bond acceptors (Lipinski definition) is 3. The molecule has 3 heteroatoms. The van der Waals surface area contributed by atoms with Gasteiger partial charge in [0, 0.05) is 17.1 Å². The predicted octanol–water partition coefficient (Wildman–Crippen LogP) is 4.05. The minimum atomic E-state index is 0.497. The van der Waals surface area contributed by atoms with Crippen LogP contribution in [0.1, 0.15) is 30.9 Å². The molecule has 2 nitrogen and oxygen atoms in total. The first-order valence-electron chi connectivity index (χ1n) is 6.84. The largest absolute Gasteiger partial charge is 0.310 e. The maximum atomic E-state index is 4.57. The minimum absolute atomic E-state index is 0.497. The molecule has 0 saturated carbocycles.